The number of carbonyl (C=O) groups is 2. The van der Waals surface area contributed by atoms with Gasteiger partial charge in [0.25, 0.3) is 11.6 Å². The van der Waals surface area contributed by atoms with Crippen molar-refractivity contribution in [2.24, 2.45) is 0 Å². The number of hydrogen-bond acceptors (Lipinski definition) is 6. The van der Waals surface area contributed by atoms with Crippen molar-refractivity contribution in [2.75, 3.05) is 11.9 Å². The van der Waals surface area contributed by atoms with Crippen LogP contribution in [0.5, 0.6) is 5.75 Å². The number of nitro groups is 1. The van der Waals surface area contributed by atoms with E-state index < -0.39 is 29.5 Å². The summed E-state index contributed by atoms with van der Waals surface area (Å²) in [7, 11) is 0. The summed E-state index contributed by atoms with van der Waals surface area (Å²) < 4.78 is 10.2. The molecule has 0 aliphatic rings. The quantitative estimate of drug-likeness (QED) is 0.420. The van der Waals surface area contributed by atoms with Crippen LogP contribution >= 0.6 is 23.2 Å². The molecule has 0 aliphatic heterocycles. The van der Waals surface area contributed by atoms with Crippen molar-refractivity contribution in [1.82, 2.24) is 0 Å². The van der Waals surface area contributed by atoms with E-state index in [4.69, 9.17) is 32.7 Å². The molecule has 0 aliphatic carbocycles. The molecule has 0 saturated heterocycles. The fraction of sp³-hybridized carbons (Fsp3) is 0.176. The maximum atomic E-state index is 12.1. The number of benzene rings is 2. The monoisotopic (exact) mass is 412 g/mol. The van der Waals surface area contributed by atoms with Crippen LogP contribution in [-0.2, 0) is 14.3 Å². The molecule has 0 spiro atoms. The Morgan fingerprint density at radius 1 is 1.22 bits per heavy atom. The van der Waals surface area contributed by atoms with Gasteiger partial charge in [-0.3, -0.25) is 14.9 Å². The highest BCUT2D eigenvalue weighted by Crippen LogP contribution is 2.27. The van der Waals surface area contributed by atoms with Crippen molar-refractivity contribution < 1.29 is 24.0 Å². The Morgan fingerprint density at radius 2 is 1.93 bits per heavy atom. The van der Waals surface area contributed by atoms with Gasteiger partial charge in [-0.25, -0.2) is 4.79 Å². The van der Waals surface area contributed by atoms with Crippen LogP contribution < -0.4 is 10.1 Å². The van der Waals surface area contributed by atoms with Crippen LogP contribution in [0.1, 0.15) is 6.92 Å². The Bertz CT molecular complexity index is 874. The standard InChI is InChI=1S/C17H14Cl2N2O6/c1-10(17(23)20-13-4-2-3-5-14(13)21(24)25)27-16(22)9-26-15-7-6-11(18)8-12(15)19/h2-8,10H,9H2,1H3,(H,20,23)/t10-/m1/s1. The predicted molar refractivity (Wildman–Crippen MR) is 99.2 cm³/mol. The Kier molecular flexibility index (Phi) is 6.98. The van der Waals surface area contributed by atoms with Crippen LogP contribution in [0.25, 0.3) is 0 Å². The summed E-state index contributed by atoms with van der Waals surface area (Å²) in [5.41, 5.74) is -0.273. The molecule has 2 aromatic rings. The van der Waals surface area contributed by atoms with E-state index in [2.05, 4.69) is 5.32 Å². The van der Waals surface area contributed by atoms with Crippen molar-refractivity contribution in [3.8, 4) is 5.75 Å². The molecule has 0 bridgehead atoms. The number of rotatable bonds is 7. The van der Waals surface area contributed by atoms with E-state index in [0.717, 1.165) is 0 Å². The molecule has 8 nitrogen and oxygen atoms in total. The van der Waals surface area contributed by atoms with E-state index in [1.54, 1.807) is 0 Å². The molecular weight excluding hydrogens is 399 g/mol. The Balaban J connectivity index is 1.90. The lowest BCUT2D eigenvalue weighted by Gasteiger charge is -2.14. The minimum atomic E-state index is -1.19. The highest BCUT2D eigenvalue weighted by atomic mass is 35.5. The van der Waals surface area contributed by atoms with Crippen molar-refractivity contribution in [2.45, 2.75) is 13.0 Å². The van der Waals surface area contributed by atoms with Crippen molar-refractivity contribution in [3.05, 3.63) is 62.6 Å². The summed E-state index contributed by atoms with van der Waals surface area (Å²) in [6.07, 6.45) is -1.19. The molecule has 2 rings (SSSR count). The lowest BCUT2D eigenvalue weighted by molar-refractivity contribution is -0.383. The molecular formula is C17H14Cl2N2O6. The fourth-order valence-electron chi connectivity index (χ4n) is 1.99. The van der Waals surface area contributed by atoms with Gasteiger partial charge in [-0.2, -0.15) is 0 Å². The largest absolute Gasteiger partial charge is 0.480 e. The number of esters is 1. The highest BCUT2D eigenvalue weighted by molar-refractivity contribution is 6.35. The lowest BCUT2D eigenvalue weighted by Crippen LogP contribution is -2.31. The highest BCUT2D eigenvalue weighted by Gasteiger charge is 2.22. The average Bonchev–Trinajstić information content (AvgIpc) is 2.61. The number of para-hydroxylation sites is 2. The fourth-order valence-corrected chi connectivity index (χ4v) is 2.45. The summed E-state index contributed by atoms with van der Waals surface area (Å²) in [6.45, 7) is 0.849. The molecule has 10 heteroatoms. The smallest absolute Gasteiger partial charge is 0.344 e. The summed E-state index contributed by atoms with van der Waals surface area (Å²) in [5, 5.41) is 13.9. The van der Waals surface area contributed by atoms with Gasteiger partial charge in [-0.15, -0.1) is 0 Å². The van der Waals surface area contributed by atoms with Crippen LogP contribution in [-0.4, -0.2) is 29.5 Å². The minimum absolute atomic E-state index is 0.000375. The zero-order chi connectivity index (χ0) is 20.0. The molecule has 0 heterocycles. The van der Waals surface area contributed by atoms with E-state index in [-0.39, 0.29) is 22.1 Å². The first kappa shape index (κ1) is 20.5. The first-order chi connectivity index (χ1) is 12.8. The van der Waals surface area contributed by atoms with Crippen LogP contribution in [0, 0.1) is 10.1 Å². The number of amides is 1. The molecule has 27 heavy (non-hydrogen) atoms. The normalized spacial score (nSPS) is 11.4. The molecule has 0 fully saturated rings. The van der Waals surface area contributed by atoms with E-state index in [1.807, 2.05) is 0 Å². The zero-order valence-corrected chi connectivity index (χ0v) is 15.5. The number of nitro benzene ring substituents is 1. The van der Waals surface area contributed by atoms with Gasteiger partial charge in [0.05, 0.1) is 9.95 Å². The van der Waals surface area contributed by atoms with Crippen LogP contribution in [0.4, 0.5) is 11.4 Å². The van der Waals surface area contributed by atoms with E-state index in [1.165, 1.54) is 49.4 Å². The Labute approximate surface area is 164 Å². The third-order valence-electron chi connectivity index (χ3n) is 3.28. The van der Waals surface area contributed by atoms with Gasteiger partial charge in [-0.1, -0.05) is 35.3 Å². The van der Waals surface area contributed by atoms with Gasteiger partial charge in [0.1, 0.15) is 11.4 Å². The van der Waals surface area contributed by atoms with Crippen molar-refractivity contribution in [1.29, 1.82) is 0 Å². The Morgan fingerprint density at radius 3 is 2.59 bits per heavy atom. The van der Waals surface area contributed by atoms with Gasteiger partial charge in [-0.05, 0) is 31.2 Å². The molecule has 2 aromatic carbocycles. The number of halogens is 2. The molecule has 142 valence electrons. The molecule has 0 radical (unpaired) electrons. The average molecular weight is 413 g/mol. The lowest BCUT2D eigenvalue weighted by atomic mass is 10.2. The second-order valence-corrected chi connectivity index (χ2v) is 6.10. The molecule has 1 amide bonds. The maximum Gasteiger partial charge on any atom is 0.344 e. The summed E-state index contributed by atoms with van der Waals surface area (Å²) in [5.74, 6) is -1.30. The molecule has 0 aromatic heterocycles. The topological polar surface area (TPSA) is 108 Å². The van der Waals surface area contributed by atoms with Gasteiger partial charge in [0, 0.05) is 11.1 Å². The number of ether oxygens (including phenoxy) is 2. The summed E-state index contributed by atoms with van der Waals surface area (Å²) >= 11 is 11.7. The number of hydrogen-bond donors (Lipinski definition) is 1. The van der Waals surface area contributed by atoms with Gasteiger partial charge >= 0.3 is 5.97 Å². The van der Waals surface area contributed by atoms with Gasteiger partial charge < -0.3 is 14.8 Å². The van der Waals surface area contributed by atoms with E-state index in [9.17, 15) is 19.7 Å². The minimum Gasteiger partial charge on any atom is -0.480 e. The SMILES string of the molecule is C[C@@H](OC(=O)COc1ccc(Cl)cc1Cl)C(=O)Nc1ccccc1[N+](=O)[O-]. The maximum absolute atomic E-state index is 12.1. The first-order valence-electron chi connectivity index (χ1n) is 7.59. The van der Waals surface area contributed by atoms with E-state index in [0.29, 0.717) is 5.02 Å². The molecule has 1 N–H and O–H groups in total. The Hall–Kier alpha value is -2.84. The van der Waals surface area contributed by atoms with Crippen LogP contribution in [0.3, 0.4) is 0 Å². The van der Waals surface area contributed by atoms with Gasteiger partial charge in [0.15, 0.2) is 12.7 Å². The molecule has 0 saturated carbocycles. The zero-order valence-electron chi connectivity index (χ0n) is 14.0. The van der Waals surface area contributed by atoms with Crippen molar-refractivity contribution >= 4 is 46.5 Å². The second-order valence-electron chi connectivity index (χ2n) is 5.26. The second kappa shape index (κ2) is 9.20. The third-order valence-corrected chi connectivity index (χ3v) is 3.81. The summed E-state index contributed by atoms with van der Waals surface area (Å²) in [4.78, 5) is 34.3. The number of nitrogens with one attached hydrogen (secondary N) is 1. The third kappa shape index (κ3) is 5.83. The number of carbonyl (C=O) groups excluding carboxylic acids is 2. The molecule has 0 unspecified atom stereocenters. The van der Waals surface area contributed by atoms with E-state index >= 15 is 0 Å². The first-order valence-corrected chi connectivity index (χ1v) is 8.35. The molecule has 1 atom stereocenters. The predicted octanol–water partition coefficient (Wildman–Crippen LogP) is 3.85. The summed E-state index contributed by atoms with van der Waals surface area (Å²) in [6, 6.07) is 10.1. The van der Waals surface area contributed by atoms with Crippen LogP contribution in [0.15, 0.2) is 42.5 Å². The van der Waals surface area contributed by atoms with Crippen LogP contribution in [0.2, 0.25) is 10.0 Å². The van der Waals surface area contributed by atoms with Crippen molar-refractivity contribution in [3.63, 3.8) is 0 Å². The number of anilines is 1. The number of nitrogens with zero attached hydrogens (tertiary/aromatic N) is 1. The van der Waals surface area contributed by atoms with Gasteiger partial charge in [0.2, 0.25) is 0 Å².